The van der Waals surface area contributed by atoms with E-state index in [4.69, 9.17) is 16.0 Å². The van der Waals surface area contributed by atoms with Crippen LogP contribution in [0.15, 0.2) is 84.9 Å². The summed E-state index contributed by atoms with van der Waals surface area (Å²) >= 11 is 7.36. The van der Waals surface area contributed by atoms with Gasteiger partial charge in [0.15, 0.2) is 0 Å². The van der Waals surface area contributed by atoms with Crippen LogP contribution < -0.4 is 0 Å². The van der Waals surface area contributed by atoms with Crippen molar-refractivity contribution in [2.75, 3.05) is 0 Å². The molecule has 0 N–H and O–H groups in total. The molecule has 122 valence electrons. The first-order chi connectivity index (χ1) is 11.7. The molecular formula is C21H21ClOSi. The first kappa shape index (κ1) is 17.0. The Labute approximate surface area is 151 Å². The molecule has 1 nitrogen and oxygen atoms in total. The predicted molar refractivity (Wildman–Crippen MR) is 104 cm³/mol. The molecule has 0 aliphatic heterocycles. The second kappa shape index (κ2) is 7.35. The van der Waals surface area contributed by atoms with E-state index in [1.165, 1.54) is 5.56 Å². The van der Waals surface area contributed by atoms with Crippen molar-refractivity contribution in [2.45, 2.75) is 17.9 Å². The van der Waals surface area contributed by atoms with Gasteiger partial charge in [0.1, 0.15) is 15.4 Å². The molecular weight excluding hydrogens is 332 g/mol. The Bertz CT molecular complexity index is 750. The molecule has 0 saturated carbocycles. The standard InChI is InChI=1S/C21H21ClOSi/c1-16-10-8-9-15-19(16)20(23-24)21(22,17-11-4-2-5-12-17)18-13-6-3-7-14-18/h2-15,20H,1,24H3. The van der Waals surface area contributed by atoms with Crippen LogP contribution in [0.1, 0.15) is 28.4 Å². The number of alkyl halides is 1. The summed E-state index contributed by atoms with van der Waals surface area (Å²) in [5.74, 6) is 0. The maximum absolute atomic E-state index is 7.36. The molecule has 3 aromatic carbocycles. The molecule has 0 bridgehead atoms. The Morgan fingerprint density at radius 1 is 0.792 bits per heavy atom. The highest BCUT2D eigenvalue weighted by Gasteiger charge is 2.41. The lowest BCUT2D eigenvalue weighted by Gasteiger charge is -2.37. The van der Waals surface area contributed by atoms with Gasteiger partial charge in [0, 0.05) is 0 Å². The number of rotatable bonds is 5. The summed E-state index contributed by atoms with van der Waals surface area (Å²) in [6.07, 6.45) is -0.239. The Hall–Kier alpha value is -1.87. The van der Waals surface area contributed by atoms with Crippen LogP contribution in [0.3, 0.4) is 0 Å². The van der Waals surface area contributed by atoms with Crippen molar-refractivity contribution in [3.8, 4) is 0 Å². The summed E-state index contributed by atoms with van der Waals surface area (Å²) in [5, 5.41) is 0. The number of aryl methyl sites for hydroxylation is 1. The molecule has 0 radical (unpaired) electrons. The fraction of sp³-hybridized carbons (Fsp3) is 0.143. The van der Waals surface area contributed by atoms with Crippen LogP contribution in [0.5, 0.6) is 0 Å². The molecule has 0 spiro atoms. The maximum atomic E-state index is 7.36. The van der Waals surface area contributed by atoms with E-state index < -0.39 is 4.87 Å². The summed E-state index contributed by atoms with van der Waals surface area (Å²) < 4.78 is 6.10. The quantitative estimate of drug-likeness (QED) is 0.484. The Morgan fingerprint density at radius 2 is 1.25 bits per heavy atom. The van der Waals surface area contributed by atoms with Crippen molar-refractivity contribution in [1.29, 1.82) is 0 Å². The average Bonchev–Trinajstić information content (AvgIpc) is 2.65. The Morgan fingerprint density at radius 3 is 1.71 bits per heavy atom. The highest BCUT2D eigenvalue weighted by atomic mass is 35.5. The molecule has 0 fully saturated rings. The maximum Gasteiger partial charge on any atom is 0.147 e. The van der Waals surface area contributed by atoms with E-state index in [1.807, 2.05) is 48.5 Å². The smallest absolute Gasteiger partial charge is 0.147 e. The molecule has 0 aromatic heterocycles. The second-order valence-electron chi connectivity index (χ2n) is 5.92. The van der Waals surface area contributed by atoms with E-state index in [2.05, 4.69) is 43.3 Å². The summed E-state index contributed by atoms with van der Waals surface area (Å²) in [5.41, 5.74) is 4.41. The lowest BCUT2D eigenvalue weighted by atomic mass is 9.81. The van der Waals surface area contributed by atoms with Crippen LogP contribution >= 0.6 is 11.6 Å². The van der Waals surface area contributed by atoms with Gasteiger partial charge in [0.2, 0.25) is 0 Å². The van der Waals surface area contributed by atoms with E-state index in [0.29, 0.717) is 10.5 Å². The molecule has 0 saturated heterocycles. The molecule has 3 rings (SSSR count). The van der Waals surface area contributed by atoms with Gasteiger partial charge in [0.05, 0.1) is 6.10 Å². The minimum absolute atomic E-state index is 0.239. The fourth-order valence-corrected chi connectivity index (χ4v) is 4.43. The topological polar surface area (TPSA) is 9.23 Å². The van der Waals surface area contributed by atoms with Crippen molar-refractivity contribution >= 4 is 22.1 Å². The molecule has 0 heterocycles. The van der Waals surface area contributed by atoms with Gasteiger partial charge in [-0.2, -0.15) is 0 Å². The average molecular weight is 353 g/mol. The van der Waals surface area contributed by atoms with E-state index >= 15 is 0 Å². The fourth-order valence-electron chi connectivity index (χ4n) is 3.22. The molecule has 0 aliphatic rings. The zero-order chi connectivity index (χ0) is 17.0. The van der Waals surface area contributed by atoms with Crippen LogP contribution in [-0.4, -0.2) is 10.5 Å². The number of halogens is 1. The van der Waals surface area contributed by atoms with Gasteiger partial charge in [-0.25, -0.2) is 0 Å². The first-order valence-electron chi connectivity index (χ1n) is 8.06. The summed E-state index contributed by atoms with van der Waals surface area (Å²) in [7, 11) is 0.604. The van der Waals surface area contributed by atoms with Crippen molar-refractivity contribution in [1.82, 2.24) is 0 Å². The van der Waals surface area contributed by atoms with Crippen molar-refractivity contribution in [3.63, 3.8) is 0 Å². The SMILES string of the molecule is Cc1ccccc1C(O[SiH3])C(Cl)(c1ccccc1)c1ccccc1. The number of benzene rings is 3. The van der Waals surface area contributed by atoms with Gasteiger partial charge >= 0.3 is 0 Å². The Kier molecular flexibility index (Phi) is 5.19. The van der Waals surface area contributed by atoms with Gasteiger partial charge in [-0.15, -0.1) is 11.6 Å². The summed E-state index contributed by atoms with van der Waals surface area (Å²) in [6, 6.07) is 28.7. The zero-order valence-corrected chi connectivity index (χ0v) is 16.7. The molecule has 0 amide bonds. The third kappa shape index (κ3) is 3.05. The van der Waals surface area contributed by atoms with Crippen molar-refractivity contribution < 1.29 is 4.43 Å². The van der Waals surface area contributed by atoms with Crippen LogP contribution in [0.25, 0.3) is 0 Å². The molecule has 0 aliphatic carbocycles. The highest BCUT2D eigenvalue weighted by Crippen LogP contribution is 2.48. The van der Waals surface area contributed by atoms with E-state index in [9.17, 15) is 0 Å². The van der Waals surface area contributed by atoms with Gasteiger partial charge < -0.3 is 4.43 Å². The van der Waals surface area contributed by atoms with Gasteiger partial charge in [-0.3, -0.25) is 0 Å². The molecule has 3 aromatic rings. The first-order valence-corrected chi connectivity index (χ1v) is 9.25. The van der Waals surface area contributed by atoms with Crippen LogP contribution in [0, 0.1) is 6.92 Å². The lowest BCUT2D eigenvalue weighted by molar-refractivity contribution is 0.185. The minimum Gasteiger partial charge on any atom is -0.419 e. The van der Waals surface area contributed by atoms with Crippen LogP contribution in [0.4, 0.5) is 0 Å². The summed E-state index contributed by atoms with van der Waals surface area (Å²) in [6.45, 7) is 2.11. The predicted octanol–water partition coefficient (Wildman–Crippen LogP) is 4.52. The molecule has 1 atom stereocenters. The van der Waals surface area contributed by atoms with E-state index in [1.54, 1.807) is 0 Å². The lowest BCUT2D eigenvalue weighted by Crippen LogP contribution is -2.31. The third-order valence-corrected chi connectivity index (χ3v) is 5.56. The monoisotopic (exact) mass is 352 g/mol. The molecule has 3 heteroatoms. The van der Waals surface area contributed by atoms with E-state index in [-0.39, 0.29) is 6.10 Å². The molecule has 24 heavy (non-hydrogen) atoms. The third-order valence-electron chi connectivity index (χ3n) is 4.46. The zero-order valence-electron chi connectivity index (χ0n) is 13.9. The van der Waals surface area contributed by atoms with Crippen molar-refractivity contribution in [3.05, 3.63) is 107 Å². The van der Waals surface area contributed by atoms with Gasteiger partial charge in [0.25, 0.3) is 0 Å². The Balaban J connectivity index is 2.23. The van der Waals surface area contributed by atoms with Crippen molar-refractivity contribution in [2.24, 2.45) is 0 Å². The van der Waals surface area contributed by atoms with Crippen LogP contribution in [0.2, 0.25) is 0 Å². The largest absolute Gasteiger partial charge is 0.419 e. The number of hydrogen-bond donors (Lipinski definition) is 0. The highest BCUT2D eigenvalue weighted by molar-refractivity contribution is 6.26. The minimum atomic E-state index is -0.767. The number of hydrogen-bond acceptors (Lipinski definition) is 1. The second-order valence-corrected chi connectivity index (χ2v) is 6.98. The summed E-state index contributed by atoms with van der Waals surface area (Å²) in [4.78, 5) is -0.767. The van der Waals surface area contributed by atoms with E-state index in [0.717, 1.165) is 16.7 Å². The molecule has 1 unspecified atom stereocenters. The van der Waals surface area contributed by atoms with Crippen LogP contribution in [-0.2, 0) is 9.30 Å². The van der Waals surface area contributed by atoms with Gasteiger partial charge in [-0.1, -0.05) is 84.9 Å². The normalized spacial score (nSPS) is 12.9. The van der Waals surface area contributed by atoms with Gasteiger partial charge in [-0.05, 0) is 29.2 Å².